The lowest BCUT2D eigenvalue weighted by Crippen LogP contribution is -2.29. The summed E-state index contributed by atoms with van der Waals surface area (Å²) in [5, 5.41) is 0. The highest BCUT2D eigenvalue weighted by molar-refractivity contribution is 8.00. The number of hydrogen-bond donors (Lipinski definition) is 3. The van der Waals surface area contributed by atoms with Gasteiger partial charge in [-0.25, -0.2) is 13.8 Å². The average Bonchev–Trinajstić information content (AvgIpc) is 3.27. The predicted octanol–water partition coefficient (Wildman–Crippen LogP) is 2.36. The highest BCUT2D eigenvalue weighted by atomic mass is 32.2. The highest BCUT2D eigenvalue weighted by Gasteiger charge is 2.30. The van der Waals surface area contributed by atoms with Gasteiger partial charge in [-0.15, -0.1) is 11.8 Å². The van der Waals surface area contributed by atoms with Gasteiger partial charge in [-0.05, 0) is 39.3 Å². The number of anilines is 1. The summed E-state index contributed by atoms with van der Waals surface area (Å²) in [7, 11) is -4.58. The number of ether oxygens (including phenoxy) is 1. The van der Waals surface area contributed by atoms with Crippen LogP contribution >= 0.6 is 19.6 Å². The van der Waals surface area contributed by atoms with Crippen LogP contribution in [-0.4, -0.2) is 86.2 Å². The maximum Gasteiger partial charge on any atom is 0.469 e. The molecule has 0 aromatic carbocycles. The molecule has 34 heavy (non-hydrogen) atoms. The van der Waals surface area contributed by atoms with Crippen molar-refractivity contribution in [2.45, 2.75) is 53.2 Å². The fourth-order valence-electron chi connectivity index (χ4n) is 2.84. The van der Waals surface area contributed by atoms with E-state index in [1.165, 1.54) is 51.0 Å². The lowest BCUT2D eigenvalue weighted by Gasteiger charge is -2.15. The van der Waals surface area contributed by atoms with Crippen LogP contribution in [0.5, 0.6) is 0 Å². The minimum Gasteiger partial charge on any atom is -0.381 e. The number of nitrogen functional groups attached to an aromatic ring is 1. The Morgan fingerprint density at radius 3 is 2.00 bits per heavy atom. The fraction of sp³-hybridized carbons (Fsp3) is 0.800. The number of nitrogens with zero attached hydrogens (tertiary/aromatic N) is 4. The van der Waals surface area contributed by atoms with Gasteiger partial charge in [0.15, 0.2) is 11.6 Å². The number of halogens is 1. The van der Waals surface area contributed by atoms with Crippen LogP contribution < -0.4 is 11.4 Å². The molecule has 0 radical (unpaired) electrons. The third kappa shape index (κ3) is 13.1. The van der Waals surface area contributed by atoms with E-state index in [0.717, 1.165) is 10.8 Å². The molecule has 14 heteroatoms. The van der Waals surface area contributed by atoms with E-state index in [1.807, 2.05) is 0 Å². The molecule has 0 aliphatic carbocycles. The number of rotatable bonds is 10. The van der Waals surface area contributed by atoms with Gasteiger partial charge >= 0.3 is 13.5 Å². The third-order valence-electron chi connectivity index (χ3n) is 5.04. The molecule has 0 amide bonds. The number of hydrogen-bond acceptors (Lipinski definition) is 9. The molecule has 0 spiro atoms. The molecule has 1 fully saturated rings. The molecule has 11 nitrogen and oxygen atoms in total. The van der Waals surface area contributed by atoms with Crippen molar-refractivity contribution in [2.24, 2.45) is 0 Å². The largest absolute Gasteiger partial charge is 0.469 e. The maximum absolute atomic E-state index is 13.3. The van der Waals surface area contributed by atoms with E-state index in [1.54, 1.807) is 0 Å². The molecule has 1 aromatic rings. The Morgan fingerprint density at radius 1 is 1.15 bits per heavy atom. The summed E-state index contributed by atoms with van der Waals surface area (Å²) >= 11 is 1.17. The number of aromatic nitrogens is 2. The normalized spacial score (nSPS) is 17.9. The van der Waals surface area contributed by atoms with Crippen LogP contribution in [0, 0.1) is 5.82 Å². The molecule has 1 aliphatic rings. The van der Waals surface area contributed by atoms with Crippen LogP contribution in [0.4, 0.5) is 10.2 Å². The van der Waals surface area contributed by atoms with E-state index in [9.17, 15) is 13.8 Å². The molecule has 200 valence electrons. The monoisotopic (exact) mass is 529 g/mol. The fourth-order valence-corrected chi connectivity index (χ4v) is 4.26. The molecule has 1 aromatic heterocycles. The average molecular weight is 530 g/mol. The lowest BCUT2D eigenvalue weighted by molar-refractivity contribution is -0.00691. The van der Waals surface area contributed by atoms with Gasteiger partial charge in [0.25, 0.3) is 0 Å². The number of thioether (sulfide) groups is 1. The first-order valence-electron chi connectivity index (χ1n) is 11.4. The summed E-state index contributed by atoms with van der Waals surface area (Å²) in [6.07, 6.45) is 0.0720. The predicted molar refractivity (Wildman–Crippen MR) is 134 cm³/mol. The topological polar surface area (TPSA) is 143 Å². The second-order valence-corrected chi connectivity index (χ2v) is 9.47. The standard InChI is InChI=1S/C8H11FN3O6PS.2C6H15N/c9-4-1-12(8(13)11-7(4)10)5-3-20-6(18-5)2-17-19(14,15)16;2*1-4-7(5-2)6-3/h1,5-6H,2-3H2,(H2,10,11,13)(H2,14,15,16);2*4-6H2,1-3H3/t5-,6+;;/m0../s1. The van der Waals surface area contributed by atoms with Crippen molar-refractivity contribution in [1.29, 1.82) is 0 Å². The Balaban J connectivity index is 0.000000642. The van der Waals surface area contributed by atoms with Gasteiger partial charge in [0, 0.05) is 5.75 Å². The van der Waals surface area contributed by atoms with Crippen LogP contribution in [0.3, 0.4) is 0 Å². The summed E-state index contributed by atoms with van der Waals surface area (Å²) in [6, 6.07) is 0. The Labute approximate surface area is 206 Å². The molecule has 0 bridgehead atoms. The Hall–Kier alpha value is -1.05. The van der Waals surface area contributed by atoms with Crippen LogP contribution in [-0.2, 0) is 13.8 Å². The summed E-state index contributed by atoms with van der Waals surface area (Å²) < 4.78 is 34.4. The van der Waals surface area contributed by atoms with E-state index >= 15 is 0 Å². The quantitative estimate of drug-likeness (QED) is 0.384. The number of phosphoric ester groups is 1. The smallest absolute Gasteiger partial charge is 0.381 e. The molecule has 4 N–H and O–H groups in total. The minimum absolute atomic E-state index is 0.278. The SMILES string of the molecule is CCN(CC)CC.CCN(CC)CC.Nc1nc(=O)n([C@@H]2CS[C@H](COP(=O)(O)O)O2)cc1F. The second kappa shape index (κ2) is 17.4. The zero-order chi connectivity index (χ0) is 26.3. The molecule has 2 atom stereocenters. The van der Waals surface area contributed by atoms with Crippen LogP contribution in [0.15, 0.2) is 11.0 Å². The number of nitrogens with two attached hydrogens (primary N) is 1. The molecule has 1 aliphatic heterocycles. The molecular weight excluding hydrogens is 488 g/mol. The molecule has 0 unspecified atom stereocenters. The van der Waals surface area contributed by atoms with Crippen LogP contribution in [0.2, 0.25) is 0 Å². The summed E-state index contributed by atoms with van der Waals surface area (Å²) in [4.78, 5) is 36.7. The van der Waals surface area contributed by atoms with Crippen molar-refractivity contribution in [1.82, 2.24) is 19.4 Å². The van der Waals surface area contributed by atoms with E-state index in [0.29, 0.717) is 0 Å². The number of phosphoric acid groups is 1. The second-order valence-electron chi connectivity index (χ2n) is 7.04. The van der Waals surface area contributed by atoms with Gasteiger partial charge < -0.3 is 30.1 Å². The van der Waals surface area contributed by atoms with Gasteiger partial charge in [0.2, 0.25) is 0 Å². The molecule has 1 saturated heterocycles. The Morgan fingerprint density at radius 2 is 1.62 bits per heavy atom. The van der Waals surface area contributed by atoms with Gasteiger partial charge in [-0.2, -0.15) is 4.98 Å². The van der Waals surface area contributed by atoms with Gasteiger partial charge in [-0.1, -0.05) is 41.5 Å². The van der Waals surface area contributed by atoms with Gasteiger partial charge in [-0.3, -0.25) is 9.09 Å². The van der Waals surface area contributed by atoms with E-state index < -0.39 is 36.8 Å². The zero-order valence-corrected chi connectivity index (χ0v) is 22.7. The van der Waals surface area contributed by atoms with Crippen molar-refractivity contribution in [3.05, 3.63) is 22.5 Å². The molecule has 2 rings (SSSR count). The summed E-state index contributed by atoms with van der Waals surface area (Å²) in [6.45, 7) is 19.9. The van der Waals surface area contributed by atoms with Crippen LogP contribution in [0.1, 0.15) is 47.8 Å². The maximum atomic E-state index is 13.3. The van der Waals surface area contributed by atoms with Crippen molar-refractivity contribution < 1.29 is 28.0 Å². The van der Waals surface area contributed by atoms with Crippen molar-refractivity contribution >= 4 is 25.4 Å². The zero-order valence-electron chi connectivity index (χ0n) is 21.0. The van der Waals surface area contributed by atoms with Crippen LogP contribution in [0.25, 0.3) is 0 Å². The first kappa shape index (κ1) is 33.0. The van der Waals surface area contributed by atoms with Gasteiger partial charge in [0.05, 0.1) is 12.8 Å². The molecule has 2 heterocycles. The molecule has 0 saturated carbocycles. The molecular formula is C20H41FN5O6PS. The van der Waals surface area contributed by atoms with Crippen molar-refractivity contribution in [3.63, 3.8) is 0 Å². The summed E-state index contributed by atoms with van der Waals surface area (Å²) in [5.41, 5.74) is 3.71. The summed E-state index contributed by atoms with van der Waals surface area (Å²) in [5.74, 6) is -1.08. The Kier molecular flexibility index (Phi) is 16.9. The van der Waals surface area contributed by atoms with Gasteiger partial charge in [0.1, 0.15) is 11.7 Å². The lowest BCUT2D eigenvalue weighted by atomic mass is 10.5. The Bertz CT molecular complexity index is 768. The third-order valence-corrected chi connectivity index (χ3v) is 6.62. The van der Waals surface area contributed by atoms with Crippen molar-refractivity contribution in [2.75, 3.05) is 57.4 Å². The van der Waals surface area contributed by atoms with E-state index in [-0.39, 0.29) is 12.4 Å². The van der Waals surface area contributed by atoms with Crippen molar-refractivity contribution in [3.8, 4) is 0 Å². The first-order valence-corrected chi connectivity index (χ1v) is 14.0. The van der Waals surface area contributed by atoms with E-state index in [2.05, 4.69) is 60.8 Å². The first-order chi connectivity index (χ1) is 16.0. The van der Waals surface area contributed by atoms with E-state index in [4.69, 9.17) is 20.3 Å². The highest BCUT2D eigenvalue weighted by Crippen LogP contribution is 2.39. The minimum atomic E-state index is -4.58.